The fourth-order valence-corrected chi connectivity index (χ4v) is 14.9. The van der Waals surface area contributed by atoms with Crippen LogP contribution in [0.1, 0.15) is 115 Å². The Balaban J connectivity index is 1.07. The molecule has 6 aromatic rings. The van der Waals surface area contributed by atoms with Crippen LogP contribution in [0.2, 0.25) is 0 Å². The quantitative estimate of drug-likeness (QED) is 0.0926. The van der Waals surface area contributed by atoms with E-state index in [0.717, 1.165) is 99.4 Å². The van der Waals surface area contributed by atoms with E-state index in [4.69, 9.17) is 18.9 Å². The number of hydrogen-bond acceptors (Lipinski definition) is 10. The van der Waals surface area contributed by atoms with Gasteiger partial charge >= 0.3 is 11.9 Å². The van der Waals surface area contributed by atoms with Gasteiger partial charge in [0.25, 0.3) is 0 Å². The van der Waals surface area contributed by atoms with Crippen molar-refractivity contribution in [3.05, 3.63) is 154 Å². The SMILES string of the molecule is CNCc1cccc(-c2cc(O)cc3ccc(C4(C(=O)OC5CC(OC(C)=O)C6Cc7cc(OC)c(O)cc7C7CCC8Cc9cc(O)c(OC)cc9C(C5)C8C76C=Cc5ccccc5)CCCCC4)cc23)c1. The van der Waals surface area contributed by atoms with Crippen molar-refractivity contribution in [1.29, 1.82) is 0 Å². The third-order valence-corrected chi connectivity index (χ3v) is 17.8. The van der Waals surface area contributed by atoms with E-state index in [1.807, 2.05) is 67.7 Å². The van der Waals surface area contributed by atoms with Gasteiger partial charge in [0.15, 0.2) is 23.0 Å². The zero-order chi connectivity index (χ0) is 50.6. The second kappa shape index (κ2) is 19.6. The molecule has 73 heavy (non-hydrogen) atoms. The summed E-state index contributed by atoms with van der Waals surface area (Å²) in [5, 5.41) is 38.9. The molecule has 0 saturated heterocycles. The Kier molecular flexibility index (Phi) is 13.0. The molecule has 0 heterocycles. The topological polar surface area (TPSA) is 144 Å². The molecule has 3 fully saturated rings. The molecule has 4 N–H and O–H groups in total. The molecule has 8 unspecified atom stereocenters. The lowest BCUT2D eigenvalue weighted by atomic mass is 9.40. The highest BCUT2D eigenvalue weighted by Gasteiger charge is 2.64. The van der Waals surface area contributed by atoms with E-state index in [1.165, 1.54) is 6.92 Å². The Morgan fingerprint density at radius 3 is 2.29 bits per heavy atom. The summed E-state index contributed by atoms with van der Waals surface area (Å²) in [5.74, 6) is 0.177. The zero-order valence-electron chi connectivity index (χ0n) is 42.4. The molecule has 0 amide bonds. The lowest BCUT2D eigenvalue weighted by molar-refractivity contribution is -0.173. The third kappa shape index (κ3) is 8.59. The van der Waals surface area contributed by atoms with Crippen molar-refractivity contribution < 1.29 is 43.9 Å². The van der Waals surface area contributed by atoms with Crippen molar-refractivity contribution in [3.63, 3.8) is 0 Å². The van der Waals surface area contributed by atoms with Gasteiger partial charge < -0.3 is 39.6 Å². The molecule has 10 heteroatoms. The monoisotopic (exact) mass is 981 g/mol. The lowest BCUT2D eigenvalue weighted by Gasteiger charge is -2.64. The van der Waals surface area contributed by atoms with Crippen molar-refractivity contribution in [3.8, 4) is 39.9 Å². The minimum absolute atomic E-state index is 0.0273. The van der Waals surface area contributed by atoms with Gasteiger partial charge in [-0.15, -0.1) is 0 Å². The Labute approximate surface area is 428 Å². The summed E-state index contributed by atoms with van der Waals surface area (Å²) in [4.78, 5) is 29.5. The molecule has 8 atom stereocenters. The van der Waals surface area contributed by atoms with Gasteiger partial charge in [0.1, 0.15) is 18.0 Å². The van der Waals surface area contributed by atoms with Crippen LogP contribution < -0.4 is 14.8 Å². The van der Waals surface area contributed by atoms with Gasteiger partial charge in [-0.3, -0.25) is 9.59 Å². The minimum atomic E-state index is -0.947. The molecular formula is C63H67NO9. The van der Waals surface area contributed by atoms with Crippen molar-refractivity contribution in [2.45, 2.75) is 114 Å². The van der Waals surface area contributed by atoms with E-state index < -0.39 is 23.0 Å². The van der Waals surface area contributed by atoms with Crippen molar-refractivity contribution in [2.75, 3.05) is 21.3 Å². The van der Waals surface area contributed by atoms with Gasteiger partial charge in [0, 0.05) is 31.2 Å². The maximum atomic E-state index is 15.8. The summed E-state index contributed by atoms with van der Waals surface area (Å²) < 4.78 is 25.4. The van der Waals surface area contributed by atoms with Crippen LogP contribution in [-0.2, 0) is 43.9 Å². The Bertz CT molecular complexity index is 3100. The first-order valence-corrected chi connectivity index (χ1v) is 26.4. The van der Waals surface area contributed by atoms with Gasteiger partial charge in [-0.1, -0.05) is 92.1 Å². The number of esters is 2. The van der Waals surface area contributed by atoms with E-state index in [9.17, 15) is 20.1 Å². The summed E-state index contributed by atoms with van der Waals surface area (Å²) in [6.07, 6.45) is 11.1. The molecule has 0 radical (unpaired) electrons. The number of hydrogen-bond donors (Lipinski definition) is 4. The molecule has 0 aromatic heterocycles. The number of aromatic hydroxyl groups is 3. The Morgan fingerprint density at radius 2 is 1.52 bits per heavy atom. The lowest BCUT2D eigenvalue weighted by Crippen LogP contribution is -2.59. The highest BCUT2D eigenvalue weighted by molar-refractivity contribution is 5.99. The largest absolute Gasteiger partial charge is 0.508 e. The fourth-order valence-electron chi connectivity index (χ4n) is 14.9. The number of benzene rings is 6. The van der Waals surface area contributed by atoms with Crippen LogP contribution in [-0.4, -0.2) is 60.7 Å². The van der Waals surface area contributed by atoms with Crippen LogP contribution in [0.3, 0.4) is 0 Å². The number of carbonyl (C=O) groups is 2. The number of ether oxygens (including phenoxy) is 4. The summed E-state index contributed by atoms with van der Waals surface area (Å²) in [5.41, 5.74) is 7.70. The van der Waals surface area contributed by atoms with Crippen molar-refractivity contribution >= 4 is 28.8 Å². The van der Waals surface area contributed by atoms with Crippen LogP contribution in [0, 0.1) is 23.2 Å². The predicted molar refractivity (Wildman–Crippen MR) is 283 cm³/mol. The highest BCUT2D eigenvalue weighted by Crippen LogP contribution is 2.70. The van der Waals surface area contributed by atoms with Crippen LogP contribution in [0.25, 0.3) is 28.0 Å². The van der Waals surface area contributed by atoms with E-state index in [-0.39, 0.29) is 65.2 Å². The number of allylic oxidation sites excluding steroid dienone is 1. The number of methoxy groups -OCH3 is 2. The van der Waals surface area contributed by atoms with Crippen LogP contribution >= 0.6 is 0 Å². The van der Waals surface area contributed by atoms with E-state index >= 15 is 4.79 Å². The average molecular weight is 982 g/mol. The summed E-state index contributed by atoms with van der Waals surface area (Å²) in [6.45, 7) is 2.18. The van der Waals surface area contributed by atoms with Gasteiger partial charge in [0.2, 0.25) is 0 Å². The molecule has 378 valence electrons. The van der Waals surface area contributed by atoms with E-state index in [2.05, 4.69) is 59.9 Å². The molecule has 10 nitrogen and oxygen atoms in total. The van der Waals surface area contributed by atoms with Crippen molar-refractivity contribution in [2.24, 2.45) is 23.2 Å². The number of phenols is 3. The molecular weight excluding hydrogens is 915 g/mol. The zero-order valence-corrected chi connectivity index (χ0v) is 42.4. The molecule has 11 rings (SSSR count). The smallest absolute Gasteiger partial charge is 0.316 e. The molecule has 0 aliphatic heterocycles. The maximum Gasteiger partial charge on any atom is 0.316 e. The first-order chi connectivity index (χ1) is 35.4. The number of fused-ring (bicyclic) bond motifs is 5. The van der Waals surface area contributed by atoms with Crippen molar-refractivity contribution in [1.82, 2.24) is 5.32 Å². The average Bonchev–Trinajstić information content (AvgIpc) is 3.39. The van der Waals surface area contributed by atoms with Gasteiger partial charge in [-0.05, 0) is 185 Å². The summed E-state index contributed by atoms with van der Waals surface area (Å²) in [7, 11) is 5.08. The van der Waals surface area contributed by atoms with Crippen LogP contribution in [0.15, 0.2) is 115 Å². The molecule has 6 aromatic carbocycles. The number of phenolic OH excluding ortho intramolecular Hbond substituents is 3. The van der Waals surface area contributed by atoms with Crippen LogP contribution in [0.4, 0.5) is 0 Å². The van der Waals surface area contributed by atoms with E-state index in [1.54, 1.807) is 20.3 Å². The summed E-state index contributed by atoms with van der Waals surface area (Å²) >= 11 is 0. The van der Waals surface area contributed by atoms with E-state index in [0.29, 0.717) is 43.7 Å². The predicted octanol–water partition coefficient (Wildman–Crippen LogP) is 12.2. The standard InChI is InChI=1S/C63H67NO9/c1-37(65)72-57-33-47(73-61(69)62(21-9-6-10-22-62)45-18-16-41-26-46(66)31-49(48(41)30-45)40-15-11-14-39(24-40)36-64-2)32-52-50-35-59(71-4)55(67)28-43(50)25-42-17-19-53-51-34-56(68)58(70-3)29-44(51)27-54(57)63(53,60(42)52)23-20-38-12-7-5-8-13-38/h5,7-8,11-16,18,20,23-24,26,28-31,34-35,42,47,52-54,57,60,64,66-68H,6,9-10,17,19,21-22,25,27,32-33,36H2,1-4H3. The number of nitrogens with one attached hydrogen (secondary N) is 1. The van der Waals surface area contributed by atoms with Gasteiger partial charge in [-0.25, -0.2) is 0 Å². The van der Waals surface area contributed by atoms with Gasteiger partial charge in [0.05, 0.1) is 19.6 Å². The first-order valence-electron chi connectivity index (χ1n) is 26.4. The third-order valence-electron chi connectivity index (χ3n) is 17.8. The number of carbonyl (C=O) groups excluding carboxylic acids is 2. The Hall–Kier alpha value is -6.78. The minimum Gasteiger partial charge on any atom is -0.508 e. The first kappa shape index (κ1) is 48.5. The molecule has 5 aliphatic rings. The molecule has 0 spiro atoms. The number of rotatable bonds is 11. The maximum absolute atomic E-state index is 15.8. The summed E-state index contributed by atoms with van der Waals surface area (Å²) in [6, 6.07) is 36.3. The highest BCUT2D eigenvalue weighted by atomic mass is 16.6. The molecule has 5 aliphatic carbocycles. The normalized spacial score (nSPS) is 25.8. The Morgan fingerprint density at radius 1 is 0.753 bits per heavy atom. The second-order valence-corrected chi connectivity index (χ2v) is 21.7. The molecule has 0 bridgehead atoms. The van der Waals surface area contributed by atoms with Gasteiger partial charge in [-0.2, -0.15) is 0 Å². The fraction of sp³-hybridized carbons (Fsp3) is 0.397. The molecule has 3 saturated carbocycles. The van der Waals surface area contributed by atoms with Crippen LogP contribution in [0.5, 0.6) is 28.7 Å². The second-order valence-electron chi connectivity index (χ2n) is 21.7.